The number of nitrogens with two attached hydrogens (primary N) is 1. The average Bonchev–Trinajstić information content (AvgIpc) is 2.69. The van der Waals surface area contributed by atoms with Crippen LogP contribution in [0.4, 0.5) is 0 Å². The van der Waals surface area contributed by atoms with Gasteiger partial charge in [-0.15, -0.1) is 0 Å². The summed E-state index contributed by atoms with van der Waals surface area (Å²) in [5.41, 5.74) is 0.0723. The van der Waals surface area contributed by atoms with Crippen molar-refractivity contribution in [1.82, 2.24) is 4.90 Å². The molecule has 2 rings (SSSR count). The van der Waals surface area contributed by atoms with Crippen LogP contribution in [0.1, 0.15) is 10.4 Å². The van der Waals surface area contributed by atoms with E-state index in [1.807, 2.05) is 0 Å². The van der Waals surface area contributed by atoms with E-state index in [4.69, 9.17) is 14.6 Å². The molecule has 0 radical (unpaired) electrons. The molecule has 1 atom stereocenters. The van der Waals surface area contributed by atoms with E-state index >= 15 is 0 Å². The molecule has 0 spiro atoms. The van der Waals surface area contributed by atoms with Crippen molar-refractivity contribution in [2.45, 2.75) is 11.0 Å². The molecule has 1 heterocycles. The predicted octanol–water partition coefficient (Wildman–Crippen LogP) is -0.824. The van der Waals surface area contributed by atoms with Crippen molar-refractivity contribution < 1.29 is 27.8 Å². The van der Waals surface area contributed by atoms with Crippen molar-refractivity contribution in [3.05, 3.63) is 23.8 Å². The lowest BCUT2D eigenvalue weighted by molar-refractivity contribution is 0.0533. The number of benzene rings is 1. The van der Waals surface area contributed by atoms with Crippen LogP contribution in [0, 0.1) is 0 Å². The number of carbonyl (C=O) groups excluding carboxylic acids is 1. The van der Waals surface area contributed by atoms with Crippen molar-refractivity contribution in [2.75, 3.05) is 33.4 Å². The lowest BCUT2D eigenvalue weighted by atomic mass is 10.1. The molecule has 1 aliphatic heterocycles. The van der Waals surface area contributed by atoms with E-state index in [0.29, 0.717) is 13.2 Å². The Hall–Kier alpha value is -1.68. The summed E-state index contributed by atoms with van der Waals surface area (Å²) in [5.74, 6) is -0.219. The Labute approximate surface area is 128 Å². The highest BCUT2D eigenvalue weighted by Crippen LogP contribution is 2.24. The summed E-state index contributed by atoms with van der Waals surface area (Å²) in [6.45, 7) is 0.832. The summed E-state index contributed by atoms with van der Waals surface area (Å²) in [6.07, 6.45) is -0.793. The van der Waals surface area contributed by atoms with Gasteiger partial charge in [0.25, 0.3) is 5.91 Å². The Morgan fingerprint density at radius 1 is 1.50 bits per heavy atom. The number of sulfonamides is 1. The number of rotatable bonds is 3. The molecule has 1 saturated heterocycles. The monoisotopic (exact) mass is 330 g/mol. The molecule has 1 aromatic rings. The number of aliphatic hydroxyl groups is 1. The number of carbonyl (C=O) groups is 1. The van der Waals surface area contributed by atoms with Gasteiger partial charge in [-0.05, 0) is 18.2 Å². The fourth-order valence-corrected chi connectivity index (χ4v) is 2.72. The normalized spacial score (nSPS) is 19.6. The Balaban J connectivity index is 2.38. The van der Waals surface area contributed by atoms with Gasteiger partial charge in [-0.3, -0.25) is 4.79 Å². The van der Waals surface area contributed by atoms with Crippen molar-refractivity contribution >= 4 is 15.9 Å². The summed E-state index contributed by atoms with van der Waals surface area (Å²) >= 11 is 0. The number of primary sulfonamides is 1. The van der Waals surface area contributed by atoms with E-state index < -0.39 is 22.0 Å². The summed E-state index contributed by atoms with van der Waals surface area (Å²) < 4.78 is 33.2. The summed E-state index contributed by atoms with van der Waals surface area (Å²) in [4.78, 5) is 13.8. The van der Waals surface area contributed by atoms with E-state index in [9.17, 15) is 18.3 Å². The number of nitrogens with zero attached hydrogens (tertiary/aromatic N) is 1. The quantitative estimate of drug-likeness (QED) is 0.747. The predicted molar refractivity (Wildman–Crippen MR) is 77.1 cm³/mol. The highest BCUT2D eigenvalue weighted by molar-refractivity contribution is 7.89. The third-order valence-corrected chi connectivity index (χ3v) is 4.18. The lowest BCUT2D eigenvalue weighted by Crippen LogP contribution is -2.38. The topological polar surface area (TPSA) is 119 Å². The van der Waals surface area contributed by atoms with E-state index in [1.165, 1.54) is 30.2 Å². The van der Waals surface area contributed by atoms with Crippen LogP contribution in [0.2, 0.25) is 0 Å². The maximum Gasteiger partial charge on any atom is 0.257 e. The van der Waals surface area contributed by atoms with Gasteiger partial charge >= 0.3 is 0 Å². The third kappa shape index (κ3) is 3.74. The smallest absolute Gasteiger partial charge is 0.257 e. The molecule has 1 fully saturated rings. The molecule has 1 aliphatic rings. The second kappa shape index (κ2) is 6.61. The lowest BCUT2D eigenvalue weighted by Gasteiger charge is -2.22. The molecule has 0 aliphatic carbocycles. The largest absolute Gasteiger partial charge is 0.496 e. The molecule has 0 saturated carbocycles. The second-order valence-electron chi connectivity index (χ2n) is 4.89. The van der Waals surface area contributed by atoms with Gasteiger partial charge in [-0.1, -0.05) is 0 Å². The molecule has 9 heteroatoms. The maximum atomic E-state index is 12.6. The van der Waals surface area contributed by atoms with Crippen LogP contribution in [-0.2, 0) is 14.8 Å². The first-order valence-corrected chi connectivity index (χ1v) is 8.13. The second-order valence-corrected chi connectivity index (χ2v) is 6.45. The van der Waals surface area contributed by atoms with Gasteiger partial charge in [0, 0.05) is 13.1 Å². The van der Waals surface area contributed by atoms with Gasteiger partial charge in [-0.2, -0.15) is 0 Å². The SMILES string of the molecule is COc1ccc(S(N)(=O)=O)cc1C(=O)N1CCOC[C@@H](O)C1. The van der Waals surface area contributed by atoms with Crippen molar-refractivity contribution in [1.29, 1.82) is 0 Å². The van der Waals surface area contributed by atoms with Crippen LogP contribution in [0.3, 0.4) is 0 Å². The van der Waals surface area contributed by atoms with Crippen LogP contribution in [-0.4, -0.2) is 63.8 Å². The van der Waals surface area contributed by atoms with E-state index in [0.717, 1.165) is 0 Å². The molecule has 22 heavy (non-hydrogen) atoms. The first kappa shape index (κ1) is 16.7. The van der Waals surface area contributed by atoms with Crippen LogP contribution in [0.5, 0.6) is 5.75 Å². The summed E-state index contributed by atoms with van der Waals surface area (Å²) in [6, 6.07) is 3.82. The number of aliphatic hydroxyl groups excluding tert-OH is 1. The number of hydrogen-bond donors (Lipinski definition) is 2. The van der Waals surface area contributed by atoms with Crippen LogP contribution in [0.25, 0.3) is 0 Å². The number of ether oxygens (including phenoxy) is 2. The van der Waals surface area contributed by atoms with E-state index in [2.05, 4.69) is 0 Å². The minimum atomic E-state index is -3.93. The molecule has 1 amide bonds. The number of amides is 1. The zero-order valence-corrected chi connectivity index (χ0v) is 12.9. The van der Waals surface area contributed by atoms with Crippen molar-refractivity contribution in [3.63, 3.8) is 0 Å². The molecular weight excluding hydrogens is 312 g/mol. The highest BCUT2D eigenvalue weighted by atomic mass is 32.2. The van der Waals surface area contributed by atoms with Gasteiger partial charge in [0.2, 0.25) is 10.0 Å². The Bertz CT molecular complexity index is 660. The fraction of sp³-hybridized carbons (Fsp3) is 0.462. The Kier molecular flexibility index (Phi) is 5.01. The summed E-state index contributed by atoms with van der Waals surface area (Å²) in [5, 5.41) is 14.8. The molecule has 0 unspecified atom stereocenters. The zero-order chi connectivity index (χ0) is 16.3. The van der Waals surface area contributed by atoms with Crippen LogP contribution >= 0.6 is 0 Å². The number of methoxy groups -OCH3 is 1. The van der Waals surface area contributed by atoms with Crippen LogP contribution < -0.4 is 9.88 Å². The third-order valence-electron chi connectivity index (χ3n) is 3.26. The van der Waals surface area contributed by atoms with Gasteiger partial charge in [0.05, 0.1) is 36.9 Å². The molecule has 3 N–H and O–H groups in total. The van der Waals surface area contributed by atoms with Gasteiger partial charge in [-0.25, -0.2) is 13.6 Å². The first-order valence-electron chi connectivity index (χ1n) is 6.59. The van der Waals surface area contributed by atoms with E-state index in [1.54, 1.807) is 0 Å². The standard InChI is InChI=1S/C13H18N2O6S/c1-20-12-3-2-10(22(14,18)19)6-11(12)13(17)15-4-5-21-8-9(16)7-15/h2-3,6,9,16H,4-5,7-8H2,1H3,(H2,14,18,19)/t9-/m0/s1. The first-order chi connectivity index (χ1) is 10.3. The fourth-order valence-electron chi connectivity index (χ4n) is 2.18. The number of β-amino-alcohol motifs (C(OH)–C–C–N with tert-alkyl or cyclic N) is 1. The molecular formula is C13H18N2O6S. The number of hydrogen-bond acceptors (Lipinski definition) is 6. The Morgan fingerprint density at radius 3 is 2.86 bits per heavy atom. The molecule has 0 aromatic heterocycles. The molecule has 1 aromatic carbocycles. The van der Waals surface area contributed by atoms with Gasteiger partial charge in [0.15, 0.2) is 0 Å². The van der Waals surface area contributed by atoms with Crippen molar-refractivity contribution in [3.8, 4) is 5.75 Å². The molecule has 122 valence electrons. The van der Waals surface area contributed by atoms with E-state index in [-0.39, 0.29) is 29.4 Å². The minimum Gasteiger partial charge on any atom is -0.496 e. The minimum absolute atomic E-state index is 0.0723. The van der Waals surface area contributed by atoms with Crippen molar-refractivity contribution in [2.24, 2.45) is 5.14 Å². The van der Waals surface area contributed by atoms with Gasteiger partial charge in [0.1, 0.15) is 5.75 Å². The maximum absolute atomic E-state index is 12.6. The van der Waals surface area contributed by atoms with Gasteiger partial charge < -0.3 is 19.5 Å². The van der Waals surface area contributed by atoms with Crippen LogP contribution in [0.15, 0.2) is 23.1 Å². The Morgan fingerprint density at radius 2 is 2.23 bits per heavy atom. The summed E-state index contributed by atoms with van der Waals surface area (Å²) in [7, 11) is -2.55. The zero-order valence-electron chi connectivity index (χ0n) is 12.1. The molecule has 8 nitrogen and oxygen atoms in total. The highest BCUT2D eigenvalue weighted by Gasteiger charge is 2.25. The average molecular weight is 330 g/mol. The molecule has 0 bridgehead atoms.